The second-order valence-electron chi connectivity index (χ2n) is 4.28. The number of aromatic nitrogens is 2. The molecule has 0 aliphatic carbocycles. The van der Waals surface area contributed by atoms with Crippen molar-refractivity contribution < 1.29 is 5.11 Å². The minimum Gasteiger partial charge on any atom is -0.396 e. The van der Waals surface area contributed by atoms with Crippen molar-refractivity contribution in [3.63, 3.8) is 0 Å². The number of H-pyrrole nitrogens is 1. The molecule has 2 heterocycles. The number of piperidine rings is 1. The van der Waals surface area contributed by atoms with Gasteiger partial charge in [0.2, 0.25) is 0 Å². The van der Waals surface area contributed by atoms with E-state index in [1.54, 1.807) is 0 Å². The van der Waals surface area contributed by atoms with Crippen molar-refractivity contribution in [2.24, 2.45) is 0 Å². The minimum absolute atomic E-state index is 0.183. The van der Waals surface area contributed by atoms with Crippen molar-refractivity contribution in [1.82, 2.24) is 15.1 Å². The lowest BCUT2D eigenvalue weighted by atomic mass is 10.00. The molecule has 0 radical (unpaired) electrons. The van der Waals surface area contributed by atoms with E-state index >= 15 is 0 Å². The summed E-state index contributed by atoms with van der Waals surface area (Å²) in [6, 6.07) is 2.55. The summed E-state index contributed by atoms with van der Waals surface area (Å²) >= 11 is 0. The van der Waals surface area contributed by atoms with Crippen LogP contribution in [0.2, 0.25) is 0 Å². The molecule has 0 amide bonds. The Morgan fingerprint density at radius 2 is 2.47 bits per heavy atom. The zero-order chi connectivity index (χ0) is 10.7. The Balaban J connectivity index is 2.06. The molecule has 1 fully saturated rings. The molecule has 2 rings (SSSR count). The highest BCUT2D eigenvalue weighted by molar-refractivity contribution is 5.13. The summed E-state index contributed by atoms with van der Waals surface area (Å²) in [6.45, 7) is 1.34. The van der Waals surface area contributed by atoms with Gasteiger partial charge in [-0.1, -0.05) is 6.42 Å². The molecule has 0 saturated carbocycles. The highest BCUT2D eigenvalue weighted by atomic mass is 16.3. The third kappa shape index (κ3) is 2.38. The number of hydrogen-bond donors (Lipinski definition) is 2. The number of aromatic amines is 1. The zero-order valence-electron chi connectivity index (χ0n) is 9.24. The Morgan fingerprint density at radius 3 is 3.20 bits per heavy atom. The van der Waals surface area contributed by atoms with E-state index in [1.165, 1.54) is 19.3 Å². The topological polar surface area (TPSA) is 52.1 Å². The van der Waals surface area contributed by atoms with Crippen molar-refractivity contribution in [3.05, 3.63) is 17.5 Å². The van der Waals surface area contributed by atoms with Crippen LogP contribution in [0, 0.1) is 0 Å². The number of aliphatic hydroxyl groups is 1. The first-order chi connectivity index (χ1) is 7.31. The molecular weight excluding hydrogens is 190 g/mol. The lowest BCUT2D eigenvalue weighted by molar-refractivity contribution is 0.183. The van der Waals surface area contributed by atoms with Gasteiger partial charge < -0.3 is 5.11 Å². The van der Waals surface area contributed by atoms with E-state index in [9.17, 15) is 0 Å². The van der Waals surface area contributed by atoms with E-state index in [2.05, 4.69) is 28.2 Å². The molecule has 0 bridgehead atoms. The van der Waals surface area contributed by atoms with Crippen LogP contribution < -0.4 is 0 Å². The first-order valence-corrected chi connectivity index (χ1v) is 5.66. The molecule has 1 aliphatic heterocycles. The van der Waals surface area contributed by atoms with Gasteiger partial charge in [-0.2, -0.15) is 5.10 Å². The van der Waals surface area contributed by atoms with E-state index in [-0.39, 0.29) is 6.61 Å². The summed E-state index contributed by atoms with van der Waals surface area (Å²) < 4.78 is 0. The molecule has 0 spiro atoms. The van der Waals surface area contributed by atoms with Gasteiger partial charge in [-0.3, -0.25) is 10.00 Å². The molecule has 1 aromatic rings. The average molecular weight is 209 g/mol. The maximum atomic E-state index is 8.83. The van der Waals surface area contributed by atoms with Crippen LogP contribution >= 0.6 is 0 Å². The number of nitrogens with zero attached hydrogens (tertiary/aromatic N) is 2. The number of rotatable bonds is 3. The van der Waals surface area contributed by atoms with E-state index in [0.29, 0.717) is 12.5 Å². The second kappa shape index (κ2) is 4.77. The number of likely N-dealkylation sites (tertiary alicyclic amines) is 1. The molecule has 2 N–H and O–H groups in total. The normalized spacial score (nSPS) is 23.2. The van der Waals surface area contributed by atoms with Crippen molar-refractivity contribution in [2.45, 2.75) is 31.7 Å². The number of hydrogen-bond acceptors (Lipinski definition) is 3. The largest absolute Gasteiger partial charge is 0.396 e. The van der Waals surface area contributed by atoms with Gasteiger partial charge in [0, 0.05) is 18.7 Å². The molecule has 4 nitrogen and oxygen atoms in total. The molecular formula is C11H19N3O. The van der Waals surface area contributed by atoms with Gasteiger partial charge in [0.05, 0.1) is 11.7 Å². The molecule has 1 aromatic heterocycles. The van der Waals surface area contributed by atoms with Gasteiger partial charge in [0.1, 0.15) is 0 Å². The molecule has 0 aromatic carbocycles. The van der Waals surface area contributed by atoms with Gasteiger partial charge in [0.25, 0.3) is 0 Å². The smallest absolute Gasteiger partial charge is 0.0796 e. The predicted octanol–water partition coefficient (Wildman–Crippen LogP) is 1.10. The number of nitrogens with one attached hydrogen (secondary N) is 1. The van der Waals surface area contributed by atoms with Gasteiger partial charge in [0.15, 0.2) is 0 Å². The van der Waals surface area contributed by atoms with Crippen molar-refractivity contribution in [1.29, 1.82) is 0 Å². The molecule has 1 saturated heterocycles. The third-order valence-electron chi connectivity index (χ3n) is 3.14. The zero-order valence-corrected chi connectivity index (χ0v) is 9.24. The summed E-state index contributed by atoms with van der Waals surface area (Å²) in [7, 11) is 2.16. The van der Waals surface area contributed by atoms with Crippen LogP contribution in [0.25, 0.3) is 0 Å². The lowest BCUT2D eigenvalue weighted by Crippen LogP contribution is -2.29. The van der Waals surface area contributed by atoms with Gasteiger partial charge in [-0.05, 0) is 32.5 Å². The van der Waals surface area contributed by atoms with Gasteiger partial charge in [-0.15, -0.1) is 0 Å². The first kappa shape index (κ1) is 10.6. The number of aliphatic hydroxyl groups excluding tert-OH is 1. The molecule has 4 heteroatoms. The van der Waals surface area contributed by atoms with Crippen LogP contribution in [-0.4, -0.2) is 40.4 Å². The Bertz CT molecular complexity index is 311. The maximum Gasteiger partial charge on any atom is 0.0796 e. The molecule has 1 aliphatic rings. The lowest BCUT2D eigenvalue weighted by Gasteiger charge is -2.30. The van der Waals surface area contributed by atoms with Crippen LogP contribution in [0.15, 0.2) is 6.07 Å². The SMILES string of the molecule is CN1CCCCC1c1cc(CCO)[nH]n1. The summed E-state index contributed by atoms with van der Waals surface area (Å²) in [5.74, 6) is 0. The quantitative estimate of drug-likeness (QED) is 0.784. The standard InChI is InChI=1S/C11H19N3O/c1-14-6-3-2-4-11(14)10-8-9(5-7-15)12-13-10/h8,11,15H,2-7H2,1H3,(H,12,13). The Morgan fingerprint density at radius 1 is 1.60 bits per heavy atom. The van der Waals surface area contributed by atoms with Crippen LogP contribution in [0.3, 0.4) is 0 Å². The van der Waals surface area contributed by atoms with E-state index < -0.39 is 0 Å². The fourth-order valence-corrected chi connectivity index (χ4v) is 2.25. The second-order valence-corrected chi connectivity index (χ2v) is 4.28. The van der Waals surface area contributed by atoms with Crippen molar-refractivity contribution >= 4 is 0 Å². The monoisotopic (exact) mass is 209 g/mol. The maximum absolute atomic E-state index is 8.83. The minimum atomic E-state index is 0.183. The molecule has 1 unspecified atom stereocenters. The first-order valence-electron chi connectivity index (χ1n) is 5.66. The van der Waals surface area contributed by atoms with Crippen LogP contribution in [0.4, 0.5) is 0 Å². The summed E-state index contributed by atoms with van der Waals surface area (Å²) in [4.78, 5) is 2.36. The Hall–Kier alpha value is -0.870. The van der Waals surface area contributed by atoms with Crippen LogP contribution in [0.5, 0.6) is 0 Å². The van der Waals surface area contributed by atoms with Crippen molar-refractivity contribution in [2.75, 3.05) is 20.2 Å². The highest BCUT2D eigenvalue weighted by Crippen LogP contribution is 2.28. The molecule has 84 valence electrons. The fourth-order valence-electron chi connectivity index (χ4n) is 2.25. The molecule has 1 atom stereocenters. The van der Waals surface area contributed by atoms with E-state index in [1.807, 2.05) is 0 Å². The average Bonchev–Trinajstić information content (AvgIpc) is 2.68. The fraction of sp³-hybridized carbons (Fsp3) is 0.727. The third-order valence-corrected chi connectivity index (χ3v) is 3.14. The molecule has 15 heavy (non-hydrogen) atoms. The summed E-state index contributed by atoms with van der Waals surface area (Å²) in [5.41, 5.74) is 2.16. The van der Waals surface area contributed by atoms with Gasteiger partial charge >= 0.3 is 0 Å². The van der Waals surface area contributed by atoms with Crippen molar-refractivity contribution in [3.8, 4) is 0 Å². The van der Waals surface area contributed by atoms with Crippen LogP contribution in [0.1, 0.15) is 36.7 Å². The Labute approximate surface area is 90.3 Å². The predicted molar refractivity (Wildman–Crippen MR) is 58.6 cm³/mol. The van der Waals surface area contributed by atoms with E-state index in [4.69, 9.17) is 5.11 Å². The van der Waals surface area contributed by atoms with Gasteiger partial charge in [-0.25, -0.2) is 0 Å². The van der Waals surface area contributed by atoms with Crippen LogP contribution in [-0.2, 0) is 6.42 Å². The summed E-state index contributed by atoms with van der Waals surface area (Å²) in [5, 5.41) is 16.2. The summed E-state index contributed by atoms with van der Waals surface area (Å²) in [6.07, 6.45) is 4.45. The van der Waals surface area contributed by atoms with E-state index in [0.717, 1.165) is 17.9 Å². The highest BCUT2D eigenvalue weighted by Gasteiger charge is 2.22. The Kier molecular flexibility index (Phi) is 3.38.